The molecule has 0 aliphatic carbocycles. The highest BCUT2D eigenvalue weighted by Crippen LogP contribution is 2.21. The van der Waals surface area contributed by atoms with E-state index in [1.54, 1.807) is 0 Å². The monoisotopic (exact) mass is 275 g/mol. The second-order valence-corrected chi connectivity index (χ2v) is 5.25. The molecule has 0 saturated carbocycles. The maximum absolute atomic E-state index is 4.53. The van der Waals surface area contributed by atoms with Gasteiger partial charge in [0.15, 0.2) is 18.2 Å². The molecular formula is C17H15N4+. The van der Waals surface area contributed by atoms with Crippen LogP contribution in [0.2, 0.25) is 0 Å². The molecule has 0 radical (unpaired) electrons. The van der Waals surface area contributed by atoms with Gasteiger partial charge in [0.25, 0.3) is 0 Å². The highest BCUT2D eigenvalue weighted by Gasteiger charge is 2.16. The Kier molecular flexibility index (Phi) is 2.67. The van der Waals surface area contributed by atoms with Crippen molar-refractivity contribution in [1.82, 2.24) is 4.98 Å². The van der Waals surface area contributed by atoms with Crippen molar-refractivity contribution in [3.05, 3.63) is 66.2 Å². The molecule has 1 aliphatic rings. The fourth-order valence-corrected chi connectivity index (χ4v) is 2.63. The SMILES string of the molecule is C[n+]1ccc2cc(NC3=NCc4cccnc43)ccc2c1. The first kappa shape index (κ1) is 12.0. The van der Waals surface area contributed by atoms with E-state index in [1.807, 2.05) is 19.3 Å². The van der Waals surface area contributed by atoms with Gasteiger partial charge >= 0.3 is 0 Å². The number of hydrogen-bond acceptors (Lipinski definition) is 3. The minimum atomic E-state index is 0.703. The summed E-state index contributed by atoms with van der Waals surface area (Å²) >= 11 is 0. The number of hydrogen-bond donors (Lipinski definition) is 1. The van der Waals surface area contributed by atoms with Crippen LogP contribution in [0.15, 0.2) is 60.0 Å². The summed E-state index contributed by atoms with van der Waals surface area (Å²) in [7, 11) is 2.03. The number of aromatic nitrogens is 2. The number of aliphatic imine (C=N–C) groups is 1. The Hall–Kier alpha value is -2.75. The van der Waals surface area contributed by atoms with Gasteiger partial charge in [-0.3, -0.25) is 9.98 Å². The molecule has 4 rings (SSSR count). The minimum Gasteiger partial charge on any atom is -0.339 e. The third-order valence-electron chi connectivity index (χ3n) is 3.70. The average molecular weight is 275 g/mol. The van der Waals surface area contributed by atoms with Crippen molar-refractivity contribution in [2.75, 3.05) is 5.32 Å². The fraction of sp³-hybridized carbons (Fsp3) is 0.118. The van der Waals surface area contributed by atoms with E-state index in [9.17, 15) is 0 Å². The van der Waals surface area contributed by atoms with E-state index in [-0.39, 0.29) is 0 Å². The van der Waals surface area contributed by atoms with Crippen LogP contribution >= 0.6 is 0 Å². The van der Waals surface area contributed by atoms with Crippen LogP contribution in [0.3, 0.4) is 0 Å². The molecule has 0 fully saturated rings. The number of anilines is 1. The molecule has 0 amide bonds. The zero-order chi connectivity index (χ0) is 14.2. The number of nitrogens with one attached hydrogen (secondary N) is 1. The van der Waals surface area contributed by atoms with Gasteiger partial charge in [0.1, 0.15) is 12.7 Å². The van der Waals surface area contributed by atoms with Crippen molar-refractivity contribution >= 4 is 22.3 Å². The molecular weight excluding hydrogens is 260 g/mol. The first-order chi connectivity index (χ1) is 10.3. The molecule has 0 atom stereocenters. The summed E-state index contributed by atoms with van der Waals surface area (Å²) in [6.07, 6.45) is 5.97. The predicted molar refractivity (Wildman–Crippen MR) is 83.2 cm³/mol. The number of aryl methyl sites for hydroxylation is 1. The first-order valence-corrected chi connectivity index (χ1v) is 6.94. The number of benzene rings is 1. The largest absolute Gasteiger partial charge is 0.339 e. The number of pyridine rings is 2. The van der Waals surface area contributed by atoms with Crippen molar-refractivity contribution in [2.45, 2.75) is 6.54 Å². The quantitative estimate of drug-likeness (QED) is 0.693. The van der Waals surface area contributed by atoms with Crippen LogP contribution in [0.25, 0.3) is 10.8 Å². The Morgan fingerprint density at radius 1 is 1.14 bits per heavy atom. The second kappa shape index (κ2) is 4.66. The zero-order valence-corrected chi connectivity index (χ0v) is 11.7. The lowest BCUT2D eigenvalue weighted by atomic mass is 10.1. The fourth-order valence-electron chi connectivity index (χ4n) is 2.63. The zero-order valence-electron chi connectivity index (χ0n) is 11.7. The highest BCUT2D eigenvalue weighted by molar-refractivity contribution is 6.09. The summed E-state index contributed by atoms with van der Waals surface area (Å²) in [6.45, 7) is 0.703. The van der Waals surface area contributed by atoms with Gasteiger partial charge in [-0.25, -0.2) is 4.57 Å². The Morgan fingerprint density at radius 2 is 2.10 bits per heavy atom. The number of fused-ring (bicyclic) bond motifs is 2. The van der Waals surface area contributed by atoms with E-state index in [0.717, 1.165) is 17.2 Å². The van der Waals surface area contributed by atoms with Crippen molar-refractivity contribution in [3.8, 4) is 0 Å². The van der Waals surface area contributed by atoms with E-state index in [1.165, 1.54) is 16.3 Å². The van der Waals surface area contributed by atoms with Gasteiger partial charge < -0.3 is 5.32 Å². The summed E-state index contributed by atoms with van der Waals surface area (Å²) in [5.41, 5.74) is 3.17. The van der Waals surface area contributed by atoms with Gasteiger partial charge in [0, 0.05) is 28.9 Å². The summed E-state index contributed by atoms with van der Waals surface area (Å²) in [5, 5.41) is 5.81. The Morgan fingerprint density at radius 3 is 3.05 bits per heavy atom. The third-order valence-corrected chi connectivity index (χ3v) is 3.70. The minimum absolute atomic E-state index is 0.703. The molecule has 0 saturated heterocycles. The second-order valence-electron chi connectivity index (χ2n) is 5.25. The molecule has 102 valence electrons. The van der Waals surface area contributed by atoms with Gasteiger partial charge in [0.05, 0.1) is 6.54 Å². The average Bonchev–Trinajstić information content (AvgIpc) is 2.91. The van der Waals surface area contributed by atoms with Gasteiger partial charge in [-0.05, 0) is 29.7 Å². The van der Waals surface area contributed by atoms with Crippen LogP contribution in [0, 0.1) is 0 Å². The highest BCUT2D eigenvalue weighted by atomic mass is 15.0. The molecule has 1 N–H and O–H groups in total. The van der Waals surface area contributed by atoms with E-state index >= 15 is 0 Å². The van der Waals surface area contributed by atoms with Crippen LogP contribution < -0.4 is 9.88 Å². The van der Waals surface area contributed by atoms with E-state index in [4.69, 9.17) is 0 Å². The Labute approximate surface area is 122 Å². The van der Waals surface area contributed by atoms with E-state index in [2.05, 4.69) is 62.6 Å². The third kappa shape index (κ3) is 2.14. The lowest BCUT2D eigenvalue weighted by Gasteiger charge is -2.07. The number of nitrogens with zero attached hydrogens (tertiary/aromatic N) is 3. The molecule has 4 nitrogen and oxygen atoms in total. The molecule has 1 aliphatic heterocycles. The lowest BCUT2D eigenvalue weighted by Crippen LogP contribution is -2.25. The molecule has 21 heavy (non-hydrogen) atoms. The van der Waals surface area contributed by atoms with Crippen LogP contribution in [0.1, 0.15) is 11.3 Å². The van der Waals surface area contributed by atoms with E-state index in [0.29, 0.717) is 6.54 Å². The van der Waals surface area contributed by atoms with Gasteiger partial charge in [-0.1, -0.05) is 6.07 Å². The maximum Gasteiger partial charge on any atom is 0.176 e. The molecule has 0 spiro atoms. The summed E-state index contributed by atoms with van der Waals surface area (Å²) < 4.78 is 2.05. The first-order valence-electron chi connectivity index (χ1n) is 6.94. The number of amidine groups is 1. The normalized spacial score (nSPS) is 13.1. The summed E-state index contributed by atoms with van der Waals surface area (Å²) in [6, 6.07) is 12.5. The van der Waals surface area contributed by atoms with Crippen LogP contribution in [0.5, 0.6) is 0 Å². The van der Waals surface area contributed by atoms with E-state index < -0.39 is 0 Å². The summed E-state index contributed by atoms with van der Waals surface area (Å²) in [4.78, 5) is 8.95. The van der Waals surface area contributed by atoms with Crippen molar-refractivity contribution in [3.63, 3.8) is 0 Å². The van der Waals surface area contributed by atoms with Gasteiger partial charge in [-0.2, -0.15) is 0 Å². The maximum atomic E-state index is 4.53. The van der Waals surface area contributed by atoms with Crippen LogP contribution in [-0.4, -0.2) is 10.8 Å². The molecule has 1 aromatic carbocycles. The summed E-state index contributed by atoms with van der Waals surface area (Å²) in [5.74, 6) is 0.853. The predicted octanol–water partition coefficient (Wildman–Crippen LogP) is 2.43. The van der Waals surface area contributed by atoms with Crippen LogP contribution in [-0.2, 0) is 13.6 Å². The lowest BCUT2D eigenvalue weighted by molar-refractivity contribution is -0.670. The Balaban J connectivity index is 1.68. The molecule has 0 unspecified atom stereocenters. The smallest absolute Gasteiger partial charge is 0.176 e. The standard InChI is InChI=1S/C17H14N4/c1-21-8-6-12-9-15(5-4-14(12)11-21)20-17-16-13(10-19-17)3-2-7-18-16/h2-9,11H,10H2,1H3/p+1. The topological polar surface area (TPSA) is 41.2 Å². The van der Waals surface area contributed by atoms with Crippen molar-refractivity contribution in [2.24, 2.45) is 12.0 Å². The molecule has 2 aromatic heterocycles. The molecule has 3 aromatic rings. The Bertz CT molecular complexity index is 868. The molecule has 3 heterocycles. The number of rotatable bonds is 1. The van der Waals surface area contributed by atoms with Crippen LogP contribution in [0.4, 0.5) is 5.69 Å². The van der Waals surface area contributed by atoms with Gasteiger partial charge in [0.2, 0.25) is 0 Å². The molecule has 4 heteroatoms. The van der Waals surface area contributed by atoms with Crippen molar-refractivity contribution in [1.29, 1.82) is 0 Å². The van der Waals surface area contributed by atoms with Crippen molar-refractivity contribution < 1.29 is 4.57 Å². The molecule has 0 bridgehead atoms. The van der Waals surface area contributed by atoms with Gasteiger partial charge in [-0.15, -0.1) is 0 Å².